The zero-order chi connectivity index (χ0) is 11.7. The van der Waals surface area contributed by atoms with Gasteiger partial charge in [-0.25, -0.2) is 4.98 Å². The van der Waals surface area contributed by atoms with Gasteiger partial charge in [0.05, 0.1) is 15.2 Å². The summed E-state index contributed by atoms with van der Waals surface area (Å²) in [6.07, 6.45) is 2.52. The molecule has 1 nitrogen and oxygen atoms in total. The van der Waals surface area contributed by atoms with Gasteiger partial charge in [-0.15, -0.1) is 11.3 Å². The number of rotatable bonds is 3. The highest BCUT2D eigenvalue weighted by Gasteiger charge is 2.12. The van der Waals surface area contributed by atoms with Crippen molar-refractivity contribution in [1.29, 1.82) is 0 Å². The van der Waals surface area contributed by atoms with E-state index in [4.69, 9.17) is 0 Å². The van der Waals surface area contributed by atoms with Crippen LogP contribution in [0.4, 0.5) is 0 Å². The Bertz CT molecular complexity index is 504. The lowest BCUT2D eigenvalue weighted by Crippen LogP contribution is -2.26. The van der Waals surface area contributed by atoms with Crippen LogP contribution >= 0.6 is 11.3 Å². The molecule has 16 heavy (non-hydrogen) atoms. The lowest BCUT2D eigenvalue weighted by molar-refractivity contribution is 1.07. The smallest absolute Gasteiger partial charge is 0.172 e. The van der Waals surface area contributed by atoms with Crippen molar-refractivity contribution in [2.75, 3.05) is 0 Å². The number of thiazole rings is 1. The quantitative estimate of drug-likeness (QED) is 0.734. The lowest BCUT2D eigenvalue weighted by Gasteiger charge is -2.08. The van der Waals surface area contributed by atoms with E-state index >= 15 is 0 Å². The highest BCUT2D eigenvalue weighted by atomic mass is 32.1. The second-order valence-electron chi connectivity index (χ2n) is 4.61. The summed E-state index contributed by atoms with van der Waals surface area (Å²) in [6.45, 7) is 9.48. The normalized spacial score (nSPS) is 11.0. The van der Waals surface area contributed by atoms with E-state index in [-0.39, 0.29) is 0 Å². The van der Waals surface area contributed by atoms with Crippen molar-refractivity contribution in [2.24, 2.45) is 0 Å². The first-order valence-corrected chi connectivity index (χ1v) is 6.81. The highest BCUT2D eigenvalue weighted by Crippen LogP contribution is 2.23. The molecule has 0 aliphatic carbocycles. The lowest BCUT2D eigenvalue weighted by atomic mass is 9.44. The van der Waals surface area contributed by atoms with E-state index in [1.165, 1.54) is 39.0 Å². The minimum absolute atomic E-state index is 0.663. The summed E-state index contributed by atoms with van der Waals surface area (Å²) in [6, 6.07) is 4.63. The predicted octanol–water partition coefficient (Wildman–Crippen LogP) is 3.65. The maximum absolute atomic E-state index is 4.58. The summed E-state index contributed by atoms with van der Waals surface area (Å²) in [5.41, 5.74) is 3.98. The van der Waals surface area contributed by atoms with Gasteiger partial charge in [0.15, 0.2) is 6.71 Å². The summed E-state index contributed by atoms with van der Waals surface area (Å²) in [7, 11) is 0. The minimum atomic E-state index is 0.663. The molecule has 2 aromatic rings. The molecule has 0 saturated heterocycles. The van der Waals surface area contributed by atoms with Gasteiger partial charge in [-0.3, -0.25) is 0 Å². The van der Waals surface area contributed by atoms with Crippen molar-refractivity contribution in [3.63, 3.8) is 0 Å². The van der Waals surface area contributed by atoms with Crippen molar-refractivity contribution < 1.29 is 0 Å². The van der Waals surface area contributed by atoms with E-state index in [9.17, 15) is 0 Å². The maximum Gasteiger partial charge on any atom is 0.172 e. The first kappa shape index (κ1) is 11.7. The van der Waals surface area contributed by atoms with Crippen LogP contribution in [-0.2, 0) is 0 Å². The van der Waals surface area contributed by atoms with Crippen LogP contribution in [0.1, 0.15) is 23.9 Å². The summed E-state index contributed by atoms with van der Waals surface area (Å²) in [5, 5.41) is 1.17. The van der Waals surface area contributed by atoms with Gasteiger partial charge in [0, 0.05) is 0 Å². The molecule has 0 bridgehead atoms. The summed E-state index contributed by atoms with van der Waals surface area (Å²) < 4.78 is 1.34. The molecule has 0 unspecified atom stereocenters. The predicted molar refractivity (Wildman–Crippen MR) is 75.4 cm³/mol. The van der Waals surface area contributed by atoms with Crippen molar-refractivity contribution in [3.05, 3.63) is 22.7 Å². The Morgan fingerprint density at radius 3 is 2.75 bits per heavy atom. The molecule has 1 aromatic heterocycles. The van der Waals surface area contributed by atoms with E-state index in [1.54, 1.807) is 11.3 Å². The summed E-state index contributed by atoms with van der Waals surface area (Å²) >= 11 is 1.80. The number of benzene rings is 1. The monoisotopic (exact) mass is 231 g/mol. The first-order valence-electron chi connectivity index (χ1n) is 5.99. The van der Waals surface area contributed by atoms with E-state index in [0.29, 0.717) is 6.71 Å². The molecule has 84 valence electrons. The van der Waals surface area contributed by atoms with Gasteiger partial charge < -0.3 is 0 Å². The molecule has 1 heterocycles. The fourth-order valence-electron chi connectivity index (χ4n) is 2.22. The second kappa shape index (κ2) is 4.58. The third-order valence-electron chi connectivity index (χ3n) is 3.11. The third-order valence-corrected chi connectivity index (χ3v) is 4.02. The average molecular weight is 231 g/mol. The molecule has 0 amide bonds. The van der Waals surface area contributed by atoms with E-state index in [0.717, 1.165) is 0 Å². The van der Waals surface area contributed by atoms with Gasteiger partial charge in [0.25, 0.3) is 0 Å². The molecule has 0 radical (unpaired) electrons. The molecule has 0 aliphatic heterocycles. The second-order valence-corrected chi connectivity index (χ2v) is 5.84. The van der Waals surface area contributed by atoms with Crippen LogP contribution in [0, 0.1) is 13.8 Å². The number of nitrogens with zero attached hydrogens (tertiary/aromatic N) is 1. The Hall–Kier alpha value is -0.825. The molecule has 2 rings (SSSR count). The summed E-state index contributed by atoms with van der Waals surface area (Å²) in [4.78, 5) is 4.58. The van der Waals surface area contributed by atoms with Crippen LogP contribution < -0.4 is 5.46 Å². The molecule has 1 aromatic carbocycles. The minimum Gasteiger partial charge on any atom is -0.241 e. The van der Waals surface area contributed by atoms with Crippen LogP contribution in [0.2, 0.25) is 13.1 Å². The molecule has 0 atom stereocenters. The fourth-order valence-corrected chi connectivity index (χ4v) is 3.17. The number of aromatic nitrogens is 1. The highest BCUT2D eigenvalue weighted by molar-refractivity contribution is 7.18. The zero-order valence-electron chi connectivity index (χ0n) is 10.5. The average Bonchev–Trinajstić information content (AvgIpc) is 2.59. The van der Waals surface area contributed by atoms with Gasteiger partial charge in [-0.1, -0.05) is 38.0 Å². The molecule has 0 saturated carbocycles. The van der Waals surface area contributed by atoms with Crippen molar-refractivity contribution in [1.82, 2.24) is 4.98 Å². The standard InChI is InChI=1S/C13H18BNS/c1-5-6-14(4)11-7-9(2)13-12(8-11)16-10(3)15-13/h7-8H,5-6H2,1-4H3. The first-order chi connectivity index (χ1) is 7.61. The maximum atomic E-state index is 4.58. The van der Waals surface area contributed by atoms with E-state index < -0.39 is 0 Å². The Labute approximate surface area is 102 Å². The zero-order valence-corrected chi connectivity index (χ0v) is 11.3. The van der Waals surface area contributed by atoms with Gasteiger partial charge in [-0.2, -0.15) is 0 Å². The van der Waals surface area contributed by atoms with Crippen molar-refractivity contribution >= 4 is 33.7 Å². The van der Waals surface area contributed by atoms with Gasteiger partial charge in [0.2, 0.25) is 0 Å². The van der Waals surface area contributed by atoms with Crippen LogP contribution in [0.15, 0.2) is 12.1 Å². The van der Waals surface area contributed by atoms with Crippen LogP contribution in [-0.4, -0.2) is 11.7 Å². The van der Waals surface area contributed by atoms with E-state index in [1.807, 2.05) is 0 Å². The molecular weight excluding hydrogens is 213 g/mol. The van der Waals surface area contributed by atoms with Crippen molar-refractivity contribution in [3.8, 4) is 0 Å². The van der Waals surface area contributed by atoms with E-state index in [2.05, 4.69) is 44.7 Å². The Morgan fingerprint density at radius 1 is 1.31 bits per heavy atom. The third kappa shape index (κ3) is 2.14. The number of hydrogen-bond acceptors (Lipinski definition) is 2. The molecule has 0 aliphatic rings. The molecular formula is C13H18BNS. The Morgan fingerprint density at radius 2 is 2.06 bits per heavy atom. The summed E-state index contributed by atoms with van der Waals surface area (Å²) in [5.74, 6) is 0. The van der Waals surface area contributed by atoms with Gasteiger partial charge in [-0.05, 0) is 25.5 Å². The molecule has 0 spiro atoms. The van der Waals surface area contributed by atoms with Crippen LogP contribution in [0.3, 0.4) is 0 Å². The number of hydrogen-bond donors (Lipinski definition) is 0. The Balaban J connectivity index is 2.48. The Kier molecular flexibility index (Phi) is 3.34. The topological polar surface area (TPSA) is 12.9 Å². The molecule has 3 heteroatoms. The largest absolute Gasteiger partial charge is 0.241 e. The SMILES string of the molecule is CCCB(C)c1cc(C)c2nc(C)sc2c1. The molecule has 0 fully saturated rings. The van der Waals surface area contributed by atoms with Crippen molar-refractivity contribution in [2.45, 2.75) is 40.3 Å². The fraction of sp³-hybridized carbons (Fsp3) is 0.462. The van der Waals surface area contributed by atoms with Crippen LogP contribution in [0.5, 0.6) is 0 Å². The van der Waals surface area contributed by atoms with Crippen LogP contribution in [0.25, 0.3) is 10.2 Å². The number of fused-ring (bicyclic) bond motifs is 1. The number of aryl methyl sites for hydroxylation is 2. The molecule has 0 N–H and O–H groups in total. The van der Waals surface area contributed by atoms with Gasteiger partial charge in [0.1, 0.15) is 0 Å². The van der Waals surface area contributed by atoms with Gasteiger partial charge >= 0.3 is 0 Å².